The molecule has 0 saturated carbocycles. The molecule has 0 radical (unpaired) electrons. The van der Waals surface area contributed by atoms with E-state index < -0.39 is 5.25 Å². The first-order valence-electron chi connectivity index (χ1n) is 9.98. The van der Waals surface area contributed by atoms with Gasteiger partial charge in [0, 0.05) is 27.9 Å². The number of nitrogens with zero attached hydrogens (tertiary/aromatic N) is 3. The minimum atomic E-state index is -0.540. The van der Waals surface area contributed by atoms with Crippen LogP contribution in [0.4, 0.5) is 5.69 Å². The number of carbonyl (C=O) groups is 3. The molecule has 0 saturated heterocycles. The molecule has 1 aliphatic rings. The maximum atomic E-state index is 12.9. The Morgan fingerprint density at radius 2 is 1.70 bits per heavy atom. The molecule has 1 unspecified atom stereocenters. The van der Waals surface area contributed by atoms with Gasteiger partial charge in [0.05, 0.1) is 10.1 Å². The van der Waals surface area contributed by atoms with Crippen molar-refractivity contribution in [2.45, 2.75) is 17.3 Å². The zero-order valence-electron chi connectivity index (χ0n) is 17.3. The summed E-state index contributed by atoms with van der Waals surface area (Å²) < 4.78 is 1.36. The number of hydrogen-bond acceptors (Lipinski definition) is 8. The molecule has 1 atom stereocenters. The smallest absolute Gasteiger partial charge is 0.237 e. The van der Waals surface area contributed by atoms with Crippen molar-refractivity contribution in [2.75, 3.05) is 11.2 Å². The fraction of sp³-hybridized carbons (Fsp3) is 0.0870. The third kappa shape index (κ3) is 3.73. The predicted molar refractivity (Wildman–Crippen MR) is 127 cm³/mol. The number of rotatable bonds is 5. The summed E-state index contributed by atoms with van der Waals surface area (Å²) >= 11 is 2.67. The standard InChI is InChI=1S/C23H17N5O3S2/c1-12(33-23-27-26-21(28(23)24)18-7-4-10-32-18)22(31)25-13-8-9-16-17(11-13)20(30)15-6-3-2-5-14(15)19(16)29/h2-12H,24H2,1H3,(H,25,31). The number of anilines is 1. The number of hydrogen-bond donors (Lipinski definition) is 2. The average Bonchev–Trinajstić information content (AvgIpc) is 3.47. The number of thioether (sulfide) groups is 1. The predicted octanol–water partition coefficient (Wildman–Crippen LogP) is 3.62. The maximum absolute atomic E-state index is 12.9. The topological polar surface area (TPSA) is 120 Å². The molecule has 2 heterocycles. The first-order chi connectivity index (χ1) is 15.9. The number of ketones is 2. The van der Waals surface area contributed by atoms with Crippen molar-refractivity contribution in [3.05, 3.63) is 82.2 Å². The minimum absolute atomic E-state index is 0.203. The van der Waals surface area contributed by atoms with Crippen molar-refractivity contribution in [3.8, 4) is 10.7 Å². The van der Waals surface area contributed by atoms with Gasteiger partial charge in [-0.15, -0.1) is 21.5 Å². The van der Waals surface area contributed by atoms with Gasteiger partial charge in [-0.3, -0.25) is 14.4 Å². The van der Waals surface area contributed by atoms with Crippen LogP contribution in [0.2, 0.25) is 0 Å². The van der Waals surface area contributed by atoms with Gasteiger partial charge in [-0.25, -0.2) is 4.68 Å². The Labute approximate surface area is 196 Å². The fourth-order valence-electron chi connectivity index (χ4n) is 3.56. The molecule has 1 amide bonds. The summed E-state index contributed by atoms with van der Waals surface area (Å²) in [5.74, 6) is 5.90. The molecule has 1 aliphatic carbocycles. The Hall–Kier alpha value is -3.76. The van der Waals surface area contributed by atoms with Crippen LogP contribution in [-0.4, -0.2) is 37.6 Å². The Morgan fingerprint density at radius 3 is 2.39 bits per heavy atom. The van der Waals surface area contributed by atoms with Crippen molar-refractivity contribution >= 4 is 46.3 Å². The summed E-state index contributed by atoms with van der Waals surface area (Å²) in [4.78, 5) is 39.3. The monoisotopic (exact) mass is 475 g/mol. The van der Waals surface area contributed by atoms with Crippen molar-refractivity contribution in [3.63, 3.8) is 0 Å². The second kappa shape index (κ2) is 8.30. The zero-order chi connectivity index (χ0) is 23.1. The second-order valence-corrected chi connectivity index (χ2v) is 9.62. The molecule has 10 heteroatoms. The van der Waals surface area contributed by atoms with Crippen LogP contribution >= 0.6 is 23.1 Å². The number of nitrogens with one attached hydrogen (secondary N) is 1. The molecule has 3 N–H and O–H groups in total. The van der Waals surface area contributed by atoms with Crippen LogP contribution in [0, 0.1) is 0 Å². The second-order valence-electron chi connectivity index (χ2n) is 7.37. The third-order valence-electron chi connectivity index (χ3n) is 5.25. The Balaban J connectivity index is 1.33. The minimum Gasteiger partial charge on any atom is -0.335 e. The van der Waals surface area contributed by atoms with Crippen LogP contribution in [0.3, 0.4) is 0 Å². The number of thiophene rings is 1. The Kier molecular flexibility index (Phi) is 5.31. The number of amides is 1. The summed E-state index contributed by atoms with van der Waals surface area (Å²) in [6.45, 7) is 1.73. The zero-order valence-corrected chi connectivity index (χ0v) is 18.9. The molecular weight excluding hydrogens is 458 g/mol. The molecule has 4 aromatic rings. The molecule has 0 aliphatic heterocycles. The van der Waals surface area contributed by atoms with Crippen LogP contribution < -0.4 is 11.2 Å². The number of carbonyl (C=O) groups excluding carboxylic acids is 3. The van der Waals surface area contributed by atoms with Gasteiger partial charge in [0.2, 0.25) is 11.1 Å². The van der Waals surface area contributed by atoms with E-state index in [0.29, 0.717) is 33.4 Å². The first kappa shape index (κ1) is 21.1. The van der Waals surface area contributed by atoms with E-state index in [4.69, 9.17) is 5.84 Å². The van der Waals surface area contributed by atoms with Gasteiger partial charge in [-0.2, -0.15) is 0 Å². The summed E-state index contributed by atoms with van der Waals surface area (Å²) in [5.41, 5.74) is 1.80. The van der Waals surface area contributed by atoms with Gasteiger partial charge in [0.15, 0.2) is 17.4 Å². The number of nitrogens with two attached hydrogens (primary N) is 1. The SMILES string of the molecule is CC(Sc1nnc(-c2cccs2)n1N)C(=O)Nc1ccc2c(c1)C(=O)c1ccccc1C2=O. The molecule has 5 rings (SSSR count). The van der Waals surface area contributed by atoms with E-state index in [1.54, 1.807) is 49.4 Å². The normalized spacial score (nSPS) is 13.4. The van der Waals surface area contributed by atoms with Crippen molar-refractivity contribution in [2.24, 2.45) is 0 Å². The molecule has 8 nitrogen and oxygen atoms in total. The van der Waals surface area contributed by atoms with Gasteiger partial charge in [0.1, 0.15) is 0 Å². The highest BCUT2D eigenvalue weighted by molar-refractivity contribution is 8.00. The van der Waals surface area contributed by atoms with E-state index in [-0.39, 0.29) is 23.0 Å². The van der Waals surface area contributed by atoms with Crippen LogP contribution in [-0.2, 0) is 4.79 Å². The summed E-state index contributed by atoms with van der Waals surface area (Å²) in [5, 5.41) is 12.8. The van der Waals surface area contributed by atoms with Gasteiger partial charge in [-0.1, -0.05) is 42.1 Å². The van der Waals surface area contributed by atoms with Crippen LogP contribution in [0.5, 0.6) is 0 Å². The van der Waals surface area contributed by atoms with E-state index in [2.05, 4.69) is 15.5 Å². The van der Waals surface area contributed by atoms with Crippen LogP contribution in [0.15, 0.2) is 65.1 Å². The lowest BCUT2D eigenvalue weighted by Gasteiger charge is -2.18. The largest absolute Gasteiger partial charge is 0.335 e. The number of nitrogen functional groups attached to an aromatic ring is 1. The molecule has 33 heavy (non-hydrogen) atoms. The van der Waals surface area contributed by atoms with Gasteiger partial charge in [0.25, 0.3) is 0 Å². The van der Waals surface area contributed by atoms with E-state index in [1.165, 1.54) is 27.8 Å². The molecule has 0 fully saturated rings. The quantitative estimate of drug-likeness (QED) is 0.294. The lowest BCUT2D eigenvalue weighted by Crippen LogP contribution is -2.25. The maximum Gasteiger partial charge on any atom is 0.237 e. The van der Waals surface area contributed by atoms with Crippen LogP contribution in [0.1, 0.15) is 38.8 Å². The third-order valence-corrected chi connectivity index (χ3v) is 7.17. The average molecular weight is 476 g/mol. The Bertz CT molecular complexity index is 1410. The lowest BCUT2D eigenvalue weighted by molar-refractivity contribution is -0.115. The highest BCUT2D eigenvalue weighted by Crippen LogP contribution is 2.30. The molecular formula is C23H17N5O3S2. The van der Waals surface area contributed by atoms with Crippen molar-refractivity contribution < 1.29 is 14.4 Å². The van der Waals surface area contributed by atoms with E-state index in [9.17, 15) is 14.4 Å². The van der Waals surface area contributed by atoms with Crippen LogP contribution in [0.25, 0.3) is 10.7 Å². The highest BCUT2D eigenvalue weighted by atomic mass is 32.2. The molecule has 2 aromatic carbocycles. The number of benzene rings is 2. The summed E-state index contributed by atoms with van der Waals surface area (Å²) in [7, 11) is 0. The molecule has 0 spiro atoms. The van der Waals surface area contributed by atoms with Crippen molar-refractivity contribution in [1.82, 2.24) is 14.9 Å². The summed E-state index contributed by atoms with van der Waals surface area (Å²) in [6.07, 6.45) is 0. The van der Waals surface area contributed by atoms with E-state index in [0.717, 1.165) is 4.88 Å². The van der Waals surface area contributed by atoms with Crippen molar-refractivity contribution in [1.29, 1.82) is 0 Å². The number of fused-ring (bicyclic) bond motifs is 2. The van der Waals surface area contributed by atoms with E-state index >= 15 is 0 Å². The van der Waals surface area contributed by atoms with Gasteiger partial charge in [-0.05, 0) is 36.6 Å². The molecule has 0 bridgehead atoms. The molecule has 2 aromatic heterocycles. The van der Waals surface area contributed by atoms with E-state index in [1.807, 2.05) is 17.5 Å². The summed E-state index contributed by atoms with van der Waals surface area (Å²) in [6, 6.07) is 15.3. The Morgan fingerprint density at radius 1 is 1.00 bits per heavy atom. The fourth-order valence-corrected chi connectivity index (χ4v) is 5.04. The highest BCUT2D eigenvalue weighted by Gasteiger charge is 2.29. The van der Waals surface area contributed by atoms with Gasteiger partial charge >= 0.3 is 0 Å². The van der Waals surface area contributed by atoms with Gasteiger partial charge < -0.3 is 11.2 Å². The number of aromatic nitrogens is 3. The molecule has 164 valence electrons. The lowest BCUT2D eigenvalue weighted by atomic mass is 9.84. The first-order valence-corrected chi connectivity index (χ1v) is 11.7.